The molecule has 4 aromatic rings. The number of nitrogens with zero attached hydrogens (tertiary/aromatic N) is 4. The minimum atomic E-state index is -0.872. The van der Waals surface area contributed by atoms with Gasteiger partial charge in [-0.05, 0) is 47.9 Å². The lowest BCUT2D eigenvalue weighted by molar-refractivity contribution is -0.136. The zero-order valence-electron chi connectivity index (χ0n) is 18.8. The molecule has 0 saturated heterocycles. The van der Waals surface area contributed by atoms with Gasteiger partial charge in [0.2, 0.25) is 0 Å². The van der Waals surface area contributed by atoms with Gasteiger partial charge in [0.1, 0.15) is 18.1 Å². The number of aromatic nitrogens is 4. The first-order valence-electron chi connectivity index (χ1n) is 10.8. The van der Waals surface area contributed by atoms with Crippen LogP contribution in [0.15, 0.2) is 54.7 Å². The summed E-state index contributed by atoms with van der Waals surface area (Å²) >= 11 is 6.32. The Kier molecular flexibility index (Phi) is 7.30. The van der Waals surface area contributed by atoms with Crippen molar-refractivity contribution < 1.29 is 14.6 Å². The van der Waals surface area contributed by atoms with Crippen LogP contribution in [-0.4, -0.2) is 37.6 Å². The van der Waals surface area contributed by atoms with E-state index in [1.54, 1.807) is 30.5 Å². The minimum Gasteiger partial charge on any atom is -0.481 e. The molecule has 1 aromatic carbocycles. The van der Waals surface area contributed by atoms with Crippen molar-refractivity contribution in [2.75, 3.05) is 11.9 Å². The maximum absolute atomic E-state index is 10.9. The molecule has 0 aliphatic carbocycles. The number of halogens is 1. The standard InChI is InChI=1S/C25H24ClN5O3/c1-15(2)13-34-14-21-30-24(28-17-7-5-16(6-8-17)12-22(32)33)18-9-10-20(29-25(18)31-21)23-19(26)4-3-11-27-23/h3-11,15H,12-14H2,1-2H3,(H,32,33)(H,28,29,30,31). The quantitative estimate of drug-likeness (QED) is 0.335. The highest BCUT2D eigenvalue weighted by Gasteiger charge is 2.14. The first-order valence-corrected chi connectivity index (χ1v) is 11.2. The molecule has 0 fully saturated rings. The Morgan fingerprint density at radius 2 is 1.88 bits per heavy atom. The van der Waals surface area contributed by atoms with Crippen LogP contribution < -0.4 is 5.32 Å². The number of rotatable bonds is 9. The average Bonchev–Trinajstić information content (AvgIpc) is 2.80. The number of anilines is 2. The third-order valence-corrected chi connectivity index (χ3v) is 5.17. The first-order chi connectivity index (χ1) is 16.4. The Morgan fingerprint density at radius 3 is 2.59 bits per heavy atom. The lowest BCUT2D eigenvalue weighted by Gasteiger charge is -2.13. The summed E-state index contributed by atoms with van der Waals surface area (Å²) in [5, 5.41) is 13.5. The third-order valence-electron chi connectivity index (χ3n) is 4.86. The van der Waals surface area contributed by atoms with E-state index in [9.17, 15) is 4.79 Å². The molecule has 174 valence electrons. The van der Waals surface area contributed by atoms with Gasteiger partial charge < -0.3 is 15.2 Å². The van der Waals surface area contributed by atoms with Gasteiger partial charge in [-0.15, -0.1) is 0 Å². The highest BCUT2D eigenvalue weighted by molar-refractivity contribution is 6.32. The number of ether oxygens (including phenoxy) is 1. The number of hydrogen-bond acceptors (Lipinski definition) is 7. The van der Waals surface area contributed by atoms with E-state index in [2.05, 4.69) is 34.1 Å². The predicted molar refractivity (Wildman–Crippen MR) is 131 cm³/mol. The molecule has 0 atom stereocenters. The van der Waals surface area contributed by atoms with Gasteiger partial charge in [0.25, 0.3) is 0 Å². The van der Waals surface area contributed by atoms with Gasteiger partial charge in [-0.25, -0.2) is 15.0 Å². The lowest BCUT2D eigenvalue weighted by Crippen LogP contribution is -2.08. The summed E-state index contributed by atoms with van der Waals surface area (Å²) in [6.45, 7) is 4.99. The van der Waals surface area contributed by atoms with Crippen molar-refractivity contribution in [1.29, 1.82) is 0 Å². The van der Waals surface area contributed by atoms with E-state index in [0.717, 1.165) is 11.1 Å². The van der Waals surface area contributed by atoms with Crippen LogP contribution >= 0.6 is 11.6 Å². The number of hydrogen-bond donors (Lipinski definition) is 2. The van der Waals surface area contributed by atoms with Gasteiger partial charge in [-0.3, -0.25) is 9.78 Å². The fourth-order valence-electron chi connectivity index (χ4n) is 3.32. The molecule has 0 amide bonds. The summed E-state index contributed by atoms with van der Waals surface area (Å²) in [5.74, 6) is 0.585. The number of fused-ring (bicyclic) bond motifs is 1. The van der Waals surface area contributed by atoms with Crippen LogP contribution in [0.2, 0.25) is 5.02 Å². The molecule has 0 radical (unpaired) electrons. The van der Waals surface area contributed by atoms with Crippen LogP contribution in [-0.2, 0) is 22.6 Å². The Bertz CT molecular complexity index is 1310. The molecule has 3 heterocycles. The highest BCUT2D eigenvalue weighted by atomic mass is 35.5. The van der Waals surface area contributed by atoms with Crippen LogP contribution in [0.1, 0.15) is 25.2 Å². The van der Waals surface area contributed by atoms with Gasteiger partial charge in [0, 0.05) is 18.5 Å². The molecule has 4 rings (SSSR count). The fourth-order valence-corrected chi connectivity index (χ4v) is 3.54. The largest absolute Gasteiger partial charge is 0.481 e. The topological polar surface area (TPSA) is 110 Å². The van der Waals surface area contributed by atoms with Crippen LogP contribution in [0.25, 0.3) is 22.4 Å². The molecule has 0 spiro atoms. The van der Waals surface area contributed by atoms with E-state index in [4.69, 9.17) is 26.4 Å². The molecule has 3 aromatic heterocycles. The number of carbonyl (C=O) groups is 1. The summed E-state index contributed by atoms with van der Waals surface area (Å²) in [6.07, 6.45) is 1.64. The van der Waals surface area contributed by atoms with Gasteiger partial charge in [-0.2, -0.15) is 0 Å². The zero-order chi connectivity index (χ0) is 24.1. The van der Waals surface area contributed by atoms with Crippen molar-refractivity contribution >= 4 is 40.1 Å². The predicted octanol–water partition coefficient (Wildman–Crippen LogP) is 5.28. The van der Waals surface area contributed by atoms with E-state index in [1.165, 1.54) is 0 Å². The molecular formula is C25H24ClN5O3. The van der Waals surface area contributed by atoms with E-state index in [0.29, 0.717) is 51.8 Å². The SMILES string of the molecule is CC(C)COCc1nc(Nc2ccc(CC(=O)O)cc2)c2ccc(-c3ncccc3Cl)nc2n1. The maximum atomic E-state index is 10.9. The van der Waals surface area contributed by atoms with Crippen LogP contribution in [0.4, 0.5) is 11.5 Å². The Morgan fingerprint density at radius 1 is 1.09 bits per heavy atom. The van der Waals surface area contributed by atoms with Crippen molar-refractivity contribution in [1.82, 2.24) is 19.9 Å². The summed E-state index contributed by atoms with van der Waals surface area (Å²) in [7, 11) is 0. The Balaban J connectivity index is 1.71. The first kappa shape index (κ1) is 23.5. The number of aliphatic carboxylic acids is 1. The molecule has 34 heavy (non-hydrogen) atoms. The lowest BCUT2D eigenvalue weighted by atomic mass is 10.1. The Labute approximate surface area is 202 Å². The molecule has 9 heteroatoms. The summed E-state index contributed by atoms with van der Waals surface area (Å²) in [6, 6.07) is 14.4. The molecule has 2 N–H and O–H groups in total. The smallest absolute Gasteiger partial charge is 0.307 e. The monoisotopic (exact) mass is 477 g/mol. The third kappa shape index (κ3) is 5.84. The normalized spacial score (nSPS) is 11.2. The highest BCUT2D eigenvalue weighted by Crippen LogP contribution is 2.28. The number of nitrogens with one attached hydrogen (secondary N) is 1. The fraction of sp³-hybridized carbons (Fsp3) is 0.240. The molecule has 0 unspecified atom stereocenters. The van der Waals surface area contributed by atoms with Gasteiger partial charge >= 0.3 is 5.97 Å². The molecule has 8 nitrogen and oxygen atoms in total. The second-order valence-electron chi connectivity index (χ2n) is 8.19. The molecular weight excluding hydrogens is 454 g/mol. The molecule has 0 saturated carbocycles. The van der Waals surface area contributed by atoms with Gasteiger partial charge in [0.15, 0.2) is 11.5 Å². The summed E-state index contributed by atoms with van der Waals surface area (Å²) in [4.78, 5) is 29.3. The van der Waals surface area contributed by atoms with Crippen LogP contribution in [0.3, 0.4) is 0 Å². The number of pyridine rings is 2. The minimum absolute atomic E-state index is 0.0309. The maximum Gasteiger partial charge on any atom is 0.307 e. The number of benzene rings is 1. The van der Waals surface area contributed by atoms with Crippen molar-refractivity contribution in [2.45, 2.75) is 26.9 Å². The van der Waals surface area contributed by atoms with Crippen LogP contribution in [0, 0.1) is 5.92 Å². The Hall–Kier alpha value is -3.62. The van der Waals surface area contributed by atoms with Gasteiger partial charge in [0.05, 0.1) is 22.5 Å². The molecule has 0 aliphatic rings. The summed E-state index contributed by atoms with van der Waals surface area (Å²) < 4.78 is 5.75. The van der Waals surface area contributed by atoms with Gasteiger partial charge in [-0.1, -0.05) is 37.6 Å². The molecule has 0 bridgehead atoms. The average molecular weight is 478 g/mol. The van der Waals surface area contributed by atoms with Crippen molar-refractivity contribution in [2.24, 2.45) is 5.92 Å². The van der Waals surface area contributed by atoms with Crippen LogP contribution in [0.5, 0.6) is 0 Å². The van der Waals surface area contributed by atoms with Crippen molar-refractivity contribution in [3.8, 4) is 11.4 Å². The number of carboxylic acids is 1. The van der Waals surface area contributed by atoms with Crippen molar-refractivity contribution in [3.63, 3.8) is 0 Å². The number of carboxylic acid groups (broad SMARTS) is 1. The molecule has 0 aliphatic heterocycles. The van der Waals surface area contributed by atoms with E-state index in [-0.39, 0.29) is 13.0 Å². The van der Waals surface area contributed by atoms with E-state index in [1.807, 2.05) is 24.3 Å². The summed E-state index contributed by atoms with van der Waals surface area (Å²) in [5.41, 5.74) is 3.15. The van der Waals surface area contributed by atoms with E-state index < -0.39 is 5.97 Å². The zero-order valence-corrected chi connectivity index (χ0v) is 19.6. The van der Waals surface area contributed by atoms with Crippen molar-refractivity contribution in [3.05, 3.63) is 71.1 Å². The van der Waals surface area contributed by atoms with E-state index >= 15 is 0 Å². The second-order valence-corrected chi connectivity index (χ2v) is 8.60. The second kappa shape index (κ2) is 10.5.